The second-order valence-electron chi connectivity index (χ2n) is 7.23. The molecule has 0 unspecified atom stereocenters. The van der Waals surface area contributed by atoms with Gasteiger partial charge in [0.1, 0.15) is 11.9 Å². The zero-order valence-corrected chi connectivity index (χ0v) is 16.8. The van der Waals surface area contributed by atoms with E-state index in [1.165, 1.54) is 13.1 Å². The minimum Gasteiger partial charge on any atom is -0.380 e. The van der Waals surface area contributed by atoms with Crippen molar-refractivity contribution in [1.82, 2.24) is 14.8 Å². The number of methoxy groups -OCH3 is 1. The largest absolute Gasteiger partial charge is 0.380 e. The Morgan fingerprint density at radius 3 is 2.54 bits per heavy atom. The normalized spacial score (nSPS) is 23.0. The number of pyridine rings is 1. The van der Waals surface area contributed by atoms with Crippen molar-refractivity contribution in [2.24, 2.45) is 5.92 Å². The lowest BCUT2D eigenvalue weighted by Gasteiger charge is -2.34. The summed E-state index contributed by atoms with van der Waals surface area (Å²) >= 11 is 5.80. The van der Waals surface area contributed by atoms with E-state index in [2.05, 4.69) is 10.3 Å². The second-order valence-corrected chi connectivity index (χ2v) is 7.67. The SMILES string of the molecule is CO[C@H]1C[C@H](C(=O)N2CCC(C(=O)Nc3ccc(Cl)cn3)CC2)N(C(C)=O)C1. The highest BCUT2D eigenvalue weighted by molar-refractivity contribution is 6.30. The van der Waals surface area contributed by atoms with E-state index in [0.717, 1.165) is 0 Å². The van der Waals surface area contributed by atoms with Crippen molar-refractivity contribution >= 4 is 35.1 Å². The van der Waals surface area contributed by atoms with Crippen molar-refractivity contribution in [1.29, 1.82) is 0 Å². The summed E-state index contributed by atoms with van der Waals surface area (Å²) in [5.74, 6) is -0.00879. The fraction of sp³-hybridized carbons (Fsp3) is 0.579. The van der Waals surface area contributed by atoms with Crippen molar-refractivity contribution < 1.29 is 19.1 Å². The molecule has 1 N–H and O–H groups in total. The van der Waals surface area contributed by atoms with Crippen molar-refractivity contribution in [3.8, 4) is 0 Å². The Labute approximate surface area is 169 Å². The van der Waals surface area contributed by atoms with E-state index in [1.807, 2.05) is 0 Å². The van der Waals surface area contributed by atoms with Gasteiger partial charge in [0.2, 0.25) is 17.7 Å². The van der Waals surface area contributed by atoms with Crippen LogP contribution in [-0.4, -0.2) is 71.4 Å². The molecule has 8 nitrogen and oxygen atoms in total. The highest BCUT2D eigenvalue weighted by Gasteiger charge is 2.41. The average Bonchev–Trinajstić information content (AvgIpc) is 3.14. The van der Waals surface area contributed by atoms with Gasteiger partial charge in [0, 0.05) is 52.2 Å². The van der Waals surface area contributed by atoms with Gasteiger partial charge < -0.3 is 19.9 Å². The fourth-order valence-electron chi connectivity index (χ4n) is 3.80. The third kappa shape index (κ3) is 4.62. The number of hydrogen-bond acceptors (Lipinski definition) is 5. The quantitative estimate of drug-likeness (QED) is 0.816. The number of aromatic nitrogens is 1. The van der Waals surface area contributed by atoms with Crippen LogP contribution in [0.3, 0.4) is 0 Å². The molecule has 2 aliphatic heterocycles. The molecular weight excluding hydrogens is 384 g/mol. The van der Waals surface area contributed by atoms with Gasteiger partial charge in [-0.1, -0.05) is 11.6 Å². The summed E-state index contributed by atoms with van der Waals surface area (Å²) in [6, 6.07) is 2.84. The summed E-state index contributed by atoms with van der Waals surface area (Å²) in [4.78, 5) is 44.7. The van der Waals surface area contributed by atoms with Crippen LogP contribution in [0, 0.1) is 5.92 Å². The summed E-state index contributed by atoms with van der Waals surface area (Å²) in [6.07, 6.45) is 3.02. The van der Waals surface area contributed by atoms with Crippen LogP contribution in [0.25, 0.3) is 0 Å². The van der Waals surface area contributed by atoms with Crippen LogP contribution in [0.15, 0.2) is 18.3 Å². The first kappa shape index (κ1) is 20.5. The first-order valence-corrected chi connectivity index (χ1v) is 9.78. The molecule has 0 radical (unpaired) electrons. The smallest absolute Gasteiger partial charge is 0.245 e. The Bertz CT molecular complexity index is 734. The number of carbonyl (C=O) groups excluding carboxylic acids is 3. The lowest BCUT2D eigenvalue weighted by Crippen LogP contribution is -2.50. The van der Waals surface area contributed by atoms with Crippen molar-refractivity contribution in [2.45, 2.75) is 38.3 Å². The molecule has 2 atom stereocenters. The van der Waals surface area contributed by atoms with E-state index >= 15 is 0 Å². The Morgan fingerprint density at radius 1 is 1.25 bits per heavy atom. The molecule has 1 aromatic rings. The highest BCUT2D eigenvalue weighted by Crippen LogP contribution is 2.25. The summed E-state index contributed by atoms with van der Waals surface area (Å²) in [7, 11) is 1.59. The summed E-state index contributed by atoms with van der Waals surface area (Å²) in [6.45, 7) is 2.89. The van der Waals surface area contributed by atoms with Gasteiger partial charge in [-0.3, -0.25) is 14.4 Å². The van der Waals surface area contributed by atoms with Crippen LogP contribution in [-0.2, 0) is 19.1 Å². The summed E-state index contributed by atoms with van der Waals surface area (Å²) in [5, 5.41) is 3.30. The molecular formula is C19H25ClN4O4. The number of anilines is 1. The van der Waals surface area contributed by atoms with Crippen LogP contribution in [0.4, 0.5) is 5.82 Å². The lowest BCUT2D eigenvalue weighted by atomic mass is 9.95. The average molecular weight is 409 g/mol. The number of hydrogen-bond donors (Lipinski definition) is 1. The predicted molar refractivity (Wildman–Crippen MR) is 104 cm³/mol. The molecule has 152 valence electrons. The van der Waals surface area contributed by atoms with Crippen LogP contribution < -0.4 is 5.32 Å². The van der Waals surface area contributed by atoms with Crippen molar-refractivity contribution in [3.63, 3.8) is 0 Å². The van der Waals surface area contributed by atoms with Crippen LogP contribution in [0.5, 0.6) is 0 Å². The molecule has 1 aromatic heterocycles. The molecule has 3 amide bonds. The molecule has 0 aliphatic carbocycles. The molecule has 0 saturated carbocycles. The van der Waals surface area contributed by atoms with Crippen LogP contribution >= 0.6 is 11.6 Å². The van der Waals surface area contributed by atoms with Gasteiger partial charge in [-0.25, -0.2) is 4.98 Å². The highest BCUT2D eigenvalue weighted by atomic mass is 35.5. The maximum Gasteiger partial charge on any atom is 0.245 e. The topological polar surface area (TPSA) is 91.8 Å². The van der Waals surface area contributed by atoms with E-state index in [-0.39, 0.29) is 29.7 Å². The maximum atomic E-state index is 12.9. The van der Waals surface area contributed by atoms with Crippen LogP contribution in [0.2, 0.25) is 5.02 Å². The molecule has 3 heterocycles. The molecule has 0 aromatic carbocycles. The molecule has 2 aliphatic rings. The number of piperidine rings is 1. The number of nitrogens with one attached hydrogen (secondary N) is 1. The van der Waals surface area contributed by atoms with E-state index in [9.17, 15) is 14.4 Å². The monoisotopic (exact) mass is 408 g/mol. The second kappa shape index (κ2) is 8.87. The van der Waals surface area contributed by atoms with Crippen molar-refractivity contribution in [2.75, 3.05) is 32.1 Å². The first-order valence-electron chi connectivity index (χ1n) is 9.40. The van der Waals surface area contributed by atoms with Gasteiger partial charge in [0.15, 0.2) is 0 Å². The van der Waals surface area contributed by atoms with Gasteiger partial charge >= 0.3 is 0 Å². The Kier molecular flexibility index (Phi) is 6.51. The molecule has 2 saturated heterocycles. The first-order chi connectivity index (χ1) is 13.4. The standard InChI is InChI=1S/C19H25ClN4O4/c1-12(25)24-11-15(28-2)9-16(24)19(27)23-7-5-13(6-8-23)18(26)22-17-4-3-14(20)10-21-17/h3-4,10,13,15-16H,5-9,11H2,1-2H3,(H,21,22,26)/t15-,16+/m0/s1. The summed E-state index contributed by atoms with van der Waals surface area (Å²) in [5.41, 5.74) is 0. The predicted octanol–water partition coefficient (Wildman–Crippen LogP) is 1.55. The molecule has 0 spiro atoms. The van der Waals surface area contributed by atoms with Gasteiger partial charge in [-0.2, -0.15) is 0 Å². The number of carbonyl (C=O) groups is 3. The van der Waals surface area contributed by atoms with Crippen LogP contribution in [0.1, 0.15) is 26.2 Å². The Hall–Kier alpha value is -2.19. The minimum absolute atomic E-state index is 0.0621. The van der Waals surface area contributed by atoms with Gasteiger partial charge in [-0.05, 0) is 25.0 Å². The number of rotatable bonds is 4. The minimum atomic E-state index is -0.480. The number of ether oxygens (including phenoxy) is 1. The van der Waals surface area contributed by atoms with E-state index in [0.29, 0.717) is 49.7 Å². The molecule has 9 heteroatoms. The third-order valence-electron chi connectivity index (χ3n) is 5.44. The fourth-order valence-corrected chi connectivity index (χ4v) is 3.91. The van der Waals surface area contributed by atoms with Crippen molar-refractivity contribution in [3.05, 3.63) is 23.4 Å². The Balaban J connectivity index is 1.54. The molecule has 28 heavy (non-hydrogen) atoms. The summed E-state index contributed by atoms with van der Waals surface area (Å²) < 4.78 is 5.34. The zero-order valence-electron chi connectivity index (χ0n) is 16.1. The number of nitrogens with zero attached hydrogens (tertiary/aromatic N) is 3. The Morgan fingerprint density at radius 2 is 1.96 bits per heavy atom. The van der Waals surface area contributed by atoms with Gasteiger partial charge in [0.05, 0.1) is 11.1 Å². The number of halogens is 1. The lowest BCUT2D eigenvalue weighted by molar-refractivity contribution is -0.144. The maximum absolute atomic E-state index is 12.9. The molecule has 0 bridgehead atoms. The number of likely N-dealkylation sites (tertiary alicyclic amines) is 2. The zero-order chi connectivity index (χ0) is 20.3. The molecule has 2 fully saturated rings. The van der Waals surface area contributed by atoms with E-state index < -0.39 is 6.04 Å². The number of amides is 3. The van der Waals surface area contributed by atoms with E-state index in [1.54, 1.807) is 29.0 Å². The third-order valence-corrected chi connectivity index (χ3v) is 5.67. The van der Waals surface area contributed by atoms with Gasteiger partial charge in [-0.15, -0.1) is 0 Å². The van der Waals surface area contributed by atoms with E-state index in [4.69, 9.17) is 16.3 Å². The van der Waals surface area contributed by atoms with Gasteiger partial charge in [0.25, 0.3) is 0 Å². The molecule has 3 rings (SSSR count).